The summed E-state index contributed by atoms with van der Waals surface area (Å²) in [7, 11) is -7.80. The predicted molar refractivity (Wildman–Crippen MR) is 109 cm³/mol. The highest BCUT2D eigenvalue weighted by atomic mass is 32.2. The lowest BCUT2D eigenvalue weighted by atomic mass is 10.2. The molecule has 0 aliphatic rings. The lowest BCUT2D eigenvalue weighted by Gasteiger charge is -2.28. The summed E-state index contributed by atoms with van der Waals surface area (Å²) in [5, 5.41) is 0. The molecule has 0 amide bonds. The molecule has 0 radical (unpaired) electrons. The Kier molecular flexibility index (Phi) is 6.19. The van der Waals surface area contributed by atoms with Crippen molar-refractivity contribution in [1.82, 2.24) is 4.72 Å². The molecule has 0 saturated carbocycles. The number of sulfonamides is 1. The van der Waals surface area contributed by atoms with Crippen LogP contribution >= 0.6 is 7.60 Å². The minimum absolute atomic E-state index is 0.304. The number of nitrogens with one attached hydrogen (secondary N) is 1. The van der Waals surface area contributed by atoms with Crippen LogP contribution in [0.5, 0.6) is 11.5 Å². The fourth-order valence-corrected chi connectivity index (χ4v) is 5.78. The van der Waals surface area contributed by atoms with E-state index >= 15 is 0 Å². The molecule has 28 heavy (non-hydrogen) atoms. The van der Waals surface area contributed by atoms with Crippen molar-refractivity contribution in [3.8, 4) is 11.5 Å². The summed E-state index contributed by atoms with van der Waals surface area (Å²) in [6, 6.07) is 25.6. The Hall–Kier alpha value is -2.60. The first-order valence-corrected chi connectivity index (χ1v) is 12.0. The van der Waals surface area contributed by atoms with Gasteiger partial charge in [0.15, 0.2) is 5.78 Å². The highest BCUT2D eigenvalue weighted by Crippen LogP contribution is 2.59. The Bertz CT molecular complexity index is 998. The van der Waals surface area contributed by atoms with Crippen LogP contribution in [0.15, 0.2) is 91.0 Å². The van der Waals surface area contributed by atoms with Crippen LogP contribution in [0.2, 0.25) is 0 Å². The fourth-order valence-electron chi connectivity index (χ4n) is 2.53. The van der Waals surface area contributed by atoms with Gasteiger partial charge in [-0.1, -0.05) is 66.7 Å². The fraction of sp³-hybridized carbons (Fsp3) is 0.100. The van der Waals surface area contributed by atoms with Crippen molar-refractivity contribution in [1.29, 1.82) is 0 Å². The van der Waals surface area contributed by atoms with Crippen LogP contribution < -0.4 is 13.8 Å². The van der Waals surface area contributed by atoms with Gasteiger partial charge in [-0.25, -0.2) is 13.0 Å². The molecular formula is C20H20NO5PS. The van der Waals surface area contributed by atoms with Gasteiger partial charge in [0.05, 0.1) is 6.26 Å². The first kappa shape index (κ1) is 20.1. The number of benzene rings is 3. The molecule has 1 unspecified atom stereocenters. The summed E-state index contributed by atoms with van der Waals surface area (Å²) in [5.74, 6) is -0.625. The standard InChI is InChI=1S/C20H20NO5PS/c1-28(23,24)21-20(17-11-5-2-6-12-17)27(22,25-18-13-7-3-8-14-18)26-19-15-9-4-10-16-19/h2-16,20-21H,1H3. The van der Waals surface area contributed by atoms with Gasteiger partial charge in [0.1, 0.15) is 11.5 Å². The van der Waals surface area contributed by atoms with Gasteiger partial charge in [-0.3, -0.25) is 0 Å². The van der Waals surface area contributed by atoms with Gasteiger partial charge in [0, 0.05) is 0 Å². The summed E-state index contributed by atoms with van der Waals surface area (Å²) >= 11 is 0. The van der Waals surface area contributed by atoms with E-state index in [4.69, 9.17) is 9.05 Å². The smallest absolute Gasteiger partial charge is 0.415 e. The maximum Gasteiger partial charge on any atom is 0.453 e. The Morgan fingerprint density at radius 3 is 1.54 bits per heavy atom. The van der Waals surface area contributed by atoms with Crippen molar-refractivity contribution < 1.29 is 22.0 Å². The zero-order chi connectivity index (χ0) is 20.0. The monoisotopic (exact) mass is 417 g/mol. The summed E-state index contributed by atoms with van der Waals surface area (Å²) in [6.07, 6.45) is 0.998. The molecule has 1 N–H and O–H groups in total. The van der Waals surface area contributed by atoms with Gasteiger partial charge >= 0.3 is 7.60 Å². The summed E-state index contributed by atoms with van der Waals surface area (Å²) in [5.41, 5.74) is 0.461. The normalized spacial score (nSPS) is 12.9. The maximum atomic E-state index is 14.0. The van der Waals surface area contributed by atoms with Crippen LogP contribution in [0.25, 0.3) is 0 Å². The van der Waals surface area contributed by atoms with E-state index in [1.807, 2.05) is 0 Å². The summed E-state index contributed by atoms with van der Waals surface area (Å²) < 4.78 is 52.0. The molecule has 0 heterocycles. The van der Waals surface area contributed by atoms with Gasteiger partial charge in [-0.2, -0.15) is 4.72 Å². The second-order valence-electron chi connectivity index (χ2n) is 6.05. The van der Waals surface area contributed by atoms with E-state index in [1.54, 1.807) is 91.0 Å². The number of para-hydroxylation sites is 2. The van der Waals surface area contributed by atoms with Gasteiger partial charge in [0.2, 0.25) is 10.0 Å². The molecule has 3 aromatic carbocycles. The molecule has 0 fully saturated rings. The molecule has 3 aromatic rings. The topological polar surface area (TPSA) is 81.7 Å². The minimum Gasteiger partial charge on any atom is -0.415 e. The van der Waals surface area contributed by atoms with E-state index in [0.717, 1.165) is 6.26 Å². The molecule has 6 nitrogen and oxygen atoms in total. The van der Waals surface area contributed by atoms with Crippen molar-refractivity contribution in [2.45, 2.75) is 5.78 Å². The van der Waals surface area contributed by atoms with Gasteiger partial charge in [-0.15, -0.1) is 0 Å². The Morgan fingerprint density at radius 1 is 0.750 bits per heavy atom. The molecule has 0 spiro atoms. The van der Waals surface area contributed by atoms with Crippen LogP contribution in [-0.2, 0) is 14.6 Å². The molecule has 0 aliphatic carbocycles. The highest BCUT2D eigenvalue weighted by molar-refractivity contribution is 7.89. The van der Waals surface area contributed by atoms with E-state index in [9.17, 15) is 13.0 Å². The second kappa shape index (κ2) is 8.61. The Morgan fingerprint density at radius 2 is 1.14 bits per heavy atom. The molecule has 0 aliphatic heterocycles. The highest BCUT2D eigenvalue weighted by Gasteiger charge is 2.42. The first-order chi connectivity index (χ1) is 13.4. The van der Waals surface area contributed by atoms with Crippen molar-refractivity contribution in [3.63, 3.8) is 0 Å². The minimum atomic E-state index is -4.08. The van der Waals surface area contributed by atoms with Crippen molar-refractivity contribution >= 4 is 17.6 Å². The predicted octanol–water partition coefficient (Wildman–Crippen LogP) is 4.59. The van der Waals surface area contributed by atoms with E-state index in [1.165, 1.54) is 0 Å². The van der Waals surface area contributed by atoms with Crippen LogP contribution in [0.3, 0.4) is 0 Å². The second-order valence-corrected chi connectivity index (χ2v) is 9.79. The Balaban J connectivity index is 2.09. The zero-order valence-electron chi connectivity index (χ0n) is 15.1. The SMILES string of the molecule is CS(=O)(=O)NC(c1ccccc1)P(=O)(Oc1ccccc1)Oc1ccccc1. The van der Waals surface area contributed by atoms with E-state index < -0.39 is 23.4 Å². The lowest BCUT2D eigenvalue weighted by Crippen LogP contribution is -2.30. The molecule has 0 bridgehead atoms. The molecule has 8 heteroatoms. The molecule has 146 valence electrons. The quantitative estimate of drug-likeness (QED) is 0.543. The maximum absolute atomic E-state index is 14.0. The van der Waals surface area contributed by atoms with Crippen molar-refractivity contribution in [2.24, 2.45) is 0 Å². The summed E-state index contributed by atoms with van der Waals surface area (Å²) in [6.45, 7) is 0. The van der Waals surface area contributed by atoms with Crippen molar-refractivity contribution in [3.05, 3.63) is 96.6 Å². The number of hydrogen-bond acceptors (Lipinski definition) is 5. The third-order valence-electron chi connectivity index (χ3n) is 3.71. The third-order valence-corrected chi connectivity index (χ3v) is 6.54. The largest absolute Gasteiger partial charge is 0.453 e. The van der Waals surface area contributed by atoms with Gasteiger partial charge < -0.3 is 9.05 Å². The molecule has 0 saturated heterocycles. The van der Waals surface area contributed by atoms with Gasteiger partial charge in [-0.05, 0) is 29.8 Å². The average Bonchev–Trinajstić information content (AvgIpc) is 2.67. The molecular weight excluding hydrogens is 397 g/mol. The molecule has 3 rings (SSSR count). The van der Waals surface area contributed by atoms with Crippen LogP contribution in [0.4, 0.5) is 0 Å². The van der Waals surface area contributed by atoms with Gasteiger partial charge in [0.25, 0.3) is 0 Å². The molecule has 0 aromatic heterocycles. The van der Waals surface area contributed by atoms with E-state index in [0.29, 0.717) is 17.1 Å². The lowest BCUT2D eigenvalue weighted by molar-refractivity contribution is 0.368. The van der Waals surface area contributed by atoms with Crippen LogP contribution in [0.1, 0.15) is 11.3 Å². The number of hydrogen-bond donors (Lipinski definition) is 1. The zero-order valence-corrected chi connectivity index (χ0v) is 16.8. The van der Waals surface area contributed by atoms with E-state index in [-0.39, 0.29) is 0 Å². The third kappa shape index (κ3) is 5.45. The van der Waals surface area contributed by atoms with Crippen LogP contribution in [-0.4, -0.2) is 14.7 Å². The van der Waals surface area contributed by atoms with E-state index in [2.05, 4.69) is 4.72 Å². The van der Waals surface area contributed by atoms with Crippen LogP contribution in [0, 0.1) is 0 Å². The number of rotatable bonds is 8. The average molecular weight is 417 g/mol. The summed E-state index contributed by atoms with van der Waals surface area (Å²) in [4.78, 5) is 0. The molecule has 1 atom stereocenters. The van der Waals surface area contributed by atoms with Crippen molar-refractivity contribution in [2.75, 3.05) is 6.26 Å². The first-order valence-electron chi connectivity index (χ1n) is 8.47. The Labute approximate surface area is 164 Å².